The van der Waals surface area contributed by atoms with Gasteiger partial charge in [0.1, 0.15) is 11.8 Å². The zero-order valence-electron chi connectivity index (χ0n) is 7.36. The van der Waals surface area contributed by atoms with Crippen LogP contribution in [0, 0.1) is 5.41 Å². The quantitative estimate of drug-likeness (QED) is 0.544. The molecule has 5 heteroatoms. The van der Waals surface area contributed by atoms with Gasteiger partial charge in [-0.3, -0.25) is 15.0 Å². The molecule has 0 radical (unpaired) electrons. The Morgan fingerprint density at radius 2 is 2.21 bits per heavy atom. The summed E-state index contributed by atoms with van der Waals surface area (Å²) in [6.07, 6.45) is 4.20. The van der Waals surface area contributed by atoms with E-state index in [9.17, 15) is 9.59 Å². The Hall–Kier alpha value is -1.75. The van der Waals surface area contributed by atoms with Gasteiger partial charge in [-0.15, -0.1) is 0 Å². The number of nitrogens with one attached hydrogen (secondary N) is 1. The van der Waals surface area contributed by atoms with Crippen molar-refractivity contribution < 1.29 is 14.7 Å². The highest BCUT2D eigenvalue weighted by atomic mass is 16.4. The van der Waals surface area contributed by atoms with Crippen molar-refractivity contribution in [2.24, 2.45) is 5.73 Å². The van der Waals surface area contributed by atoms with Crippen LogP contribution in [0.2, 0.25) is 0 Å². The van der Waals surface area contributed by atoms with E-state index in [1.807, 2.05) is 0 Å². The molecule has 0 heterocycles. The standard InChI is InChI=1S/C9H10N2O3/c10-6-3-5(1-2-8(6)12)4-7(11)9(13)14/h1-3,7,10H,4,11H2,(H,13,14)/t7-/m0/s1. The minimum Gasteiger partial charge on any atom is -0.480 e. The summed E-state index contributed by atoms with van der Waals surface area (Å²) in [6, 6.07) is -0.994. The van der Waals surface area contributed by atoms with E-state index >= 15 is 0 Å². The third-order valence-corrected chi connectivity index (χ3v) is 1.82. The first-order valence-corrected chi connectivity index (χ1v) is 4.00. The number of aliphatic carboxylic acids is 1. The van der Waals surface area contributed by atoms with E-state index in [0.29, 0.717) is 5.57 Å². The van der Waals surface area contributed by atoms with Gasteiger partial charge in [0.15, 0.2) is 0 Å². The van der Waals surface area contributed by atoms with Crippen LogP contribution in [0.4, 0.5) is 0 Å². The van der Waals surface area contributed by atoms with Crippen molar-refractivity contribution in [3.8, 4) is 0 Å². The summed E-state index contributed by atoms with van der Waals surface area (Å²) in [7, 11) is 0. The molecular formula is C9H10N2O3. The number of hydrogen-bond acceptors (Lipinski definition) is 4. The van der Waals surface area contributed by atoms with Gasteiger partial charge < -0.3 is 10.8 Å². The molecule has 0 bridgehead atoms. The van der Waals surface area contributed by atoms with Crippen LogP contribution in [-0.4, -0.2) is 28.6 Å². The van der Waals surface area contributed by atoms with Crippen molar-refractivity contribution in [2.75, 3.05) is 0 Å². The molecule has 74 valence electrons. The maximum atomic E-state index is 10.9. The molecule has 1 rings (SSSR count). The number of carbonyl (C=O) groups is 2. The minimum atomic E-state index is -1.09. The first-order valence-electron chi connectivity index (χ1n) is 4.00. The average molecular weight is 194 g/mol. The van der Waals surface area contributed by atoms with Crippen molar-refractivity contribution in [3.63, 3.8) is 0 Å². The molecular weight excluding hydrogens is 184 g/mol. The van der Waals surface area contributed by atoms with Crippen molar-refractivity contribution in [3.05, 3.63) is 23.8 Å². The second kappa shape index (κ2) is 3.97. The SMILES string of the molecule is N=C1C=C(C[C@H](N)C(=O)O)C=CC1=O. The third-order valence-electron chi connectivity index (χ3n) is 1.82. The number of nitrogens with two attached hydrogens (primary N) is 1. The Labute approximate surface area is 80.4 Å². The first kappa shape index (κ1) is 10.3. The van der Waals surface area contributed by atoms with E-state index in [1.54, 1.807) is 0 Å². The van der Waals surface area contributed by atoms with E-state index in [2.05, 4.69) is 0 Å². The maximum Gasteiger partial charge on any atom is 0.320 e. The summed E-state index contributed by atoms with van der Waals surface area (Å²) in [4.78, 5) is 21.3. The molecule has 0 aromatic heterocycles. The number of allylic oxidation sites excluding steroid dienone is 3. The molecule has 0 amide bonds. The molecule has 0 aromatic carbocycles. The molecule has 1 atom stereocenters. The monoisotopic (exact) mass is 194 g/mol. The zero-order valence-corrected chi connectivity index (χ0v) is 7.36. The fraction of sp³-hybridized carbons (Fsp3) is 0.222. The summed E-state index contributed by atoms with van der Waals surface area (Å²) in [5, 5.41) is 15.7. The predicted octanol–water partition coefficient (Wildman–Crippen LogP) is -0.127. The Morgan fingerprint density at radius 3 is 2.71 bits per heavy atom. The fourth-order valence-electron chi connectivity index (χ4n) is 1.05. The van der Waals surface area contributed by atoms with Crippen LogP contribution in [0.25, 0.3) is 0 Å². The molecule has 0 saturated carbocycles. The summed E-state index contributed by atoms with van der Waals surface area (Å²) in [5.74, 6) is -1.47. The fourth-order valence-corrected chi connectivity index (χ4v) is 1.05. The lowest BCUT2D eigenvalue weighted by molar-refractivity contribution is -0.138. The van der Waals surface area contributed by atoms with Gasteiger partial charge >= 0.3 is 5.97 Å². The van der Waals surface area contributed by atoms with Crippen molar-refractivity contribution in [2.45, 2.75) is 12.5 Å². The molecule has 0 spiro atoms. The summed E-state index contributed by atoms with van der Waals surface area (Å²) in [5.41, 5.74) is 5.75. The van der Waals surface area contributed by atoms with Gasteiger partial charge in [-0.1, -0.05) is 6.08 Å². The molecule has 0 saturated heterocycles. The Balaban J connectivity index is 2.68. The van der Waals surface area contributed by atoms with E-state index in [0.717, 1.165) is 0 Å². The highest BCUT2D eigenvalue weighted by Crippen LogP contribution is 2.11. The number of rotatable bonds is 3. The van der Waals surface area contributed by atoms with Crippen LogP contribution in [0.3, 0.4) is 0 Å². The van der Waals surface area contributed by atoms with Crippen LogP contribution >= 0.6 is 0 Å². The minimum absolute atomic E-state index is 0.126. The van der Waals surface area contributed by atoms with Crippen LogP contribution in [0.15, 0.2) is 23.8 Å². The number of carboxylic acids is 1. The molecule has 5 nitrogen and oxygen atoms in total. The second-order valence-electron chi connectivity index (χ2n) is 2.98. The lowest BCUT2D eigenvalue weighted by Gasteiger charge is -2.09. The van der Waals surface area contributed by atoms with E-state index < -0.39 is 12.0 Å². The number of carbonyl (C=O) groups excluding carboxylic acids is 1. The number of ketones is 1. The lowest BCUT2D eigenvalue weighted by Crippen LogP contribution is -2.30. The molecule has 0 fully saturated rings. The van der Waals surface area contributed by atoms with Gasteiger partial charge in [-0.25, -0.2) is 0 Å². The van der Waals surface area contributed by atoms with Crippen molar-refractivity contribution in [1.29, 1.82) is 5.41 Å². The van der Waals surface area contributed by atoms with Gasteiger partial charge in [0.05, 0.1) is 0 Å². The lowest BCUT2D eigenvalue weighted by atomic mass is 9.99. The van der Waals surface area contributed by atoms with E-state index in [-0.39, 0.29) is 17.9 Å². The molecule has 1 aliphatic carbocycles. The van der Waals surface area contributed by atoms with Crippen LogP contribution in [0.5, 0.6) is 0 Å². The highest BCUT2D eigenvalue weighted by Gasteiger charge is 2.16. The van der Waals surface area contributed by atoms with E-state index in [1.165, 1.54) is 18.2 Å². The average Bonchev–Trinajstić information content (AvgIpc) is 2.11. The molecule has 0 aromatic rings. The zero-order chi connectivity index (χ0) is 10.7. The van der Waals surface area contributed by atoms with Gasteiger partial charge in [-0.05, 0) is 24.1 Å². The number of hydrogen-bond donors (Lipinski definition) is 3. The largest absolute Gasteiger partial charge is 0.480 e. The Kier molecular flexibility index (Phi) is 2.93. The van der Waals surface area contributed by atoms with Gasteiger partial charge in [0, 0.05) is 0 Å². The first-order chi connectivity index (χ1) is 6.50. The second-order valence-corrected chi connectivity index (χ2v) is 2.98. The van der Waals surface area contributed by atoms with Gasteiger partial charge in [0.25, 0.3) is 0 Å². The van der Waals surface area contributed by atoms with Crippen LogP contribution in [-0.2, 0) is 9.59 Å². The summed E-state index contributed by atoms with van der Waals surface area (Å²) >= 11 is 0. The molecule has 0 aliphatic heterocycles. The molecule has 4 N–H and O–H groups in total. The normalized spacial score (nSPS) is 17.9. The highest BCUT2D eigenvalue weighted by molar-refractivity contribution is 6.47. The smallest absolute Gasteiger partial charge is 0.320 e. The van der Waals surface area contributed by atoms with Crippen molar-refractivity contribution in [1.82, 2.24) is 0 Å². The molecule has 0 unspecified atom stereocenters. The maximum absolute atomic E-state index is 10.9. The van der Waals surface area contributed by atoms with Gasteiger partial charge in [0.2, 0.25) is 5.78 Å². The topological polar surface area (TPSA) is 104 Å². The summed E-state index contributed by atoms with van der Waals surface area (Å²) in [6.45, 7) is 0. The predicted molar refractivity (Wildman–Crippen MR) is 50.2 cm³/mol. The van der Waals surface area contributed by atoms with E-state index in [4.69, 9.17) is 16.2 Å². The molecule has 1 aliphatic rings. The summed E-state index contributed by atoms with van der Waals surface area (Å²) < 4.78 is 0. The van der Waals surface area contributed by atoms with Crippen LogP contribution in [0.1, 0.15) is 6.42 Å². The molecule has 14 heavy (non-hydrogen) atoms. The Bertz CT molecular complexity index is 355. The van der Waals surface area contributed by atoms with Crippen molar-refractivity contribution >= 4 is 17.5 Å². The van der Waals surface area contributed by atoms with Gasteiger partial charge in [-0.2, -0.15) is 0 Å². The number of carboxylic acid groups (broad SMARTS) is 1. The third kappa shape index (κ3) is 2.37. The Morgan fingerprint density at radius 1 is 1.57 bits per heavy atom. The van der Waals surface area contributed by atoms with Crippen LogP contribution < -0.4 is 5.73 Å².